The fourth-order valence-corrected chi connectivity index (χ4v) is 1.28. The summed E-state index contributed by atoms with van der Waals surface area (Å²) < 4.78 is 0. The van der Waals surface area contributed by atoms with Gasteiger partial charge in [0.2, 0.25) is 5.91 Å². The maximum absolute atomic E-state index is 11.7. The van der Waals surface area contributed by atoms with Crippen molar-refractivity contribution < 1.29 is 4.79 Å². The van der Waals surface area contributed by atoms with E-state index in [9.17, 15) is 4.79 Å². The molecular formula is C10H20N2OS. The molecular weight excluding hydrogens is 196 g/mol. The van der Waals surface area contributed by atoms with Crippen LogP contribution in [0.25, 0.3) is 0 Å². The van der Waals surface area contributed by atoms with E-state index in [0.717, 1.165) is 0 Å². The van der Waals surface area contributed by atoms with Gasteiger partial charge in [0, 0.05) is 24.9 Å². The fraction of sp³-hybridized carbons (Fsp3) is 0.800. The summed E-state index contributed by atoms with van der Waals surface area (Å²) in [6, 6.07) is 0.208. The molecule has 0 atom stereocenters. The van der Waals surface area contributed by atoms with E-state index in [0.29, 0.717) is 18.0 Å². The second-order valence-corrected chi connectivity index (χ2v) is 4.52. The zero-order chi connectivity index (χ0) is 11.3. The van der Waals surface area contributed by atoms with Crippen LogP contribution >= 0.6 is 12.2 Å². The third-order valence-electron chi connectivity index (χ3n) is 2.00. The summed E-state index contributed by atoms with van der Waals surface area (Å²) in [6.07, 6.45) is 0.603. The summed E-state index contributed by atoms with van der Waals surface area (Å²) in [5.41, 5.74) is 5.41. The lowest BCUT2D eigenvalue weighted by molar-refractivity contribution is -0.136. The summed E-state index contributed by atoms with van der Waals surface area (Å²) in [6.45, 7) is 8.43. The molecule has 4 heteroatoms. The smallest absolute Gasteiger partial charge is 0.225 e. The van der Waals surface area contributed by atoms with E-state index in [1.807, 2.05) is 32.6 Å². The summed E-state index contributed by atoms with van der Waals surface area (Å²) in [5, 5.41) is 0. The number of carbonyl (C=O) groups excluding carboxylic acids is 1. The van der Waals surface area contributed by atoms with E-state index in [2.05, 4.69) is 0 Å². The van der Waals surface area contributed by atoms with Gasteiger partial charge in [-0.3, -0.25) is 4.79 Å². The van der Waals surface area contributed by atoms with Crippen molar-refractivity contribution in [3.8, 4) is 0 Å². The molecule has 0 aliphatic heterocycles. The van der Waals surface area contributed by atoms with Gasteiger partial charge in [0.15, 0.2) is 0 Å². The number of hydrogen-bond acceptors (Lipinski definition) is 2. The van der Waals surface area contributed by atoms with Gasteiger partial charge in [0.1, 0.15) is 0 Å². The van der Waals surface area contributed by atoms with Crippen LogP contribution in [0.5, 0.6) is 0 Å². The lowest BCUT2D eigenvalue weighted by Crippen LogP contribution is -2.41. The van der Waals surface area contributed by atoms with Crippen molar-refractivity contribution in [2.75, 3.05) is 6.54 Å². The van der Waals surface area contributed by atoms with Crippen LogP contribution in [0.2, 0.25) is 0 Å². The second kappa shape index (κ2) is 5.96. The van der Waals surface area contributed by atoms with Gasteiger partial charge in [-0.25, -0.2) is 0 Å². The topological polar surface area (TPSA) is 46.3 Å². The number of nitrogens with zero attached hydrogens (tertiary/aromatic N) is 1. The van der Waals surface area contributed by atoms with E-state index in [4.69, 9.17) is 18.0 Å². The van der Waals surface area contributed by atoms with Crippen LogP contribution in [0.3, 0.4) is 0 Å². The third-order valence-corrected chi connectivity index (χ3v) is 2.20. The standard InChI is InChI=1S/C10H20N2OS/c1-7(2)10(13)12(8(3)4)6-5-9(11)14/h7-8H,5-6H2,1-4H3,(H2,11,14). The van der Waals surface area contributed by atoms with E-state index in [1.165, 1.54) is 0 Å². The van der Waals surface area contributed by atoms with Crippen LogP contribution in [0, 0.1) is 5.92 Å². The number of hydrogen-bond donors (Lipinski definition) is 1. The first kappa shape index (κ1) is 13.4. The Hall–Kier alpha value is -0.640. The molecule has 0 saturated heterocycles. The van der Waals surface area contributed by atoms with Crippen molar-refractivity contribution in [3.63, 3.8) is 0 Å². The fourth-order valence-electron chi connectivity index (χ4n) is 1.19. The van der Waals surface area contributed by atoms with Crippen LogP contribution in [-0.2, 0) is 4.79 Å². The Morgan fingerprint density at radius 1 is 1.36 bits per heavy atom. The molecule has 2 N–H and O–H groups in total. The molecule has 0 bridgehead atoms. The van der Waals surface area contributed by atoms with Crippen LogP contribution in [0.4, 0.5) is 0 Å². The lowest BCUT2D eigenvalue weighted by Gasteiger charge is -2.28. The Morgan fingerprint density at radius 2 is 1.86 bits per heavy atom. The first-order chi connectivity index (χ1) is 6.36. The minimum Gasteiger partial charge on any atom is -0.393 e. The van der Waals surface area contributed by atoms with Gasteiger partial charge in [-0.05, 0) is 13.8 Å². The quantitative estimate of drug-likeness (QED) is 0.709. The van der Waals surface area contributed by atoms with Gasteiger partial charge in [-0.15, -0.1) is 0 Å². The Balaban J connectivity index is 4.29. The Kier molecular flexibility index (Phi) is 5.69. The van der Waals surface area contributed by atoms with Crippen LogP contribution in [0.1, 0.15) is 34.1 Å². The van der Waals surface area contributed by atoms with Gasteiger partial charge in [-0.1, -0.05) is 26.1 Å². The normalized spacial score (nSPS) is 10.7. The molecule has 0 aliphatic rings. The average Bonchev–Trinajstić information content (AvgIpc) is 2.02. The van der Waals surface area contributed by atoms with E-state index < -0.39 is 0 Å². The minimum absolute atomic E-state index is 0.0312. The van der Waals surface area contributed by atoms with Crippen molar-refractivity contribution in [2.45, 2.75) is 40.2 Å². The van der Waals surface area contributed by atoms with Crippen molar-refractivity contribution in [1.82, 2.24) is 4.90 Å². The van der Waals surface area contributed by atoms with Crippen molar-refractivity contribution in [3.05, 3.63) is 0 Å². The Bertz CT molecular complexity index is 214. The first-order valence-electron chi connectivity index (χ1n) is 4.95. The predicted octanol–water partition coefficient (Wildman–Crippen LogP) is 1.56. The van der Waals surface area contributed by atoms with E-state index in [-0.39, 0.29) is 17.9 Å². The van der Waals surface area contributed by atoms with Crippen molar-refractivity contribution in [1.29, 1.82) is 0 Å². The highest BCUT2D eigenvalue weighted by Gasteiger charge is 2.19. The number of rotatable bonds is 5. The predicted molar refractivity (Wildman–Crippen MR) is 63.1 cm³/mol. The Morgan fingerprint density at radius 3 is 2.14 bits per heavy atom. The molecule has 0 rings (SSSR count). The summed E-state index contributed by atoms with van der Waals surface area (Å²) in [4.78, 5) is 14.0. The molecule has 0 aromatic carbocycles. The molecule has 14 heavy (non-hydrogen) atoms. The molecule has 0 spiro atoms. The molecule has 0 aromatic heterocycles. The number of carbonyl (C=O) groups is 1. The maximum atomic E-state index is 11.7. The van der Waals surface area contributed by atoms with Crippen LogP contribution in [0.15, 0.2) is 0 Å². The lowest BCUT2D eigenvalue weighted by atomic mass is 10.1. The van der Waals surface area contributed by atoms with Crippen molar-refractivity contribution >= 4 is 23.1 Å². The molecule has 82 valence electrons. The SMILES string of the molecule is CC(C)C(=O)N(CCC(N)=S)C(C)C. The molecule has 3 nitrogen and oxygen atoms in total. The highest BCUT2D eigenvalue weighted by molar-refractivity contribution is 7.80. The molecule has 0 radical (unpaired) electrons. The summed E-state index contributed by atoms with van der Waals surface area (Å²) in [5.74, 6) is 0.194. The third kappa shape index (κ3) is 4.56. The Labute approximate surface area is 91.6 Å². The van der Waals surface area contributed by atoms with Gasteiger partial charge >= 0.3 is 0 Å². The van der Waals surface area contributed by atoms with Crippen LogP contribution < -0.4 is 5.73 Å². The largest absolute Gasteiger partial charge is 0.393 e. The second-order valence-electron chi connectivity index (χ2n) is 4.00. The number of nitrogens with two attached hydrogens (primary N) is 1. The molecule has 0 fully saturated rings. The molecule has 0 saturated carbocycles. The monoisotopic (exact) mass is 216 g/mol. The highest BCUT2D eigenvalue weighted by atomic mass is 32.1. The van der Waals surface area contributed by atoms with Gasteiger partial charge < -0.3 is 10.6 Å². The van der Waals surface area contributed by atoms with Crippen molar-refractivity contribution in [2.24, 2.45) is 11.7 Å². The highest BCUT2D eigenvalue weighted by Crippen LogP contribution is 2.07. The molecule has 0 aromatic rings. The molecule has 1 amide bonds. The van der Waals surface area contributed by atoms with E-state index in [1.54, 1.807) is 0 Å². The molecule has 0 heterocycles. The molecule has 0 unspecified atom stereocenters. The first-order valence-corrected chi connectivity index (χ1v) is 5.35. The van der Waals surface area contributed by atoms with Gasteiger partial charge in [0.25, 0.3) is 0 Å². The maximum Gasteiger partial charge on any atom is 0.225 e. The van der Waals surface area contributed by atoms with Crippen LogP contribution in [-0.4, -0.2) is 28.4 Å². The number of thiocarbonyl (C=S) groups is 1. The zero-order valence-corrected chi connectivity index (χ0v) is 10.2. The summed E-state index contributed by atoms with van der Waals surface area (Å²) >= 11 is 4.79. The van der Waals surface area contributed by atoms with E-state index >= 15 is 0 Å². The van der Waals surface area contributed by atoms with Gasteiger partial charge in [0.05, 0.1) is 4.99 Å². The minimum atomic E-state index is 0.0312. The molecule has 0 aliphatic carbocycles. The van der Waals surface area contributed by atoms with Gasteiger partial charge in [-0.2, -0.15) is 0 Å². The summed E-state index contributed by atoms with van der Waals surface area (Å²) in [7, 11) is 0. The average molecular weight is 216 g/mol. The zero-order valence-electron chi connectivity index (χ0n) is 9.41. The number of amides is 1.